The molecule has 0 amide bonds. The topological polar surface area (TPSA) is 22.1 Å². The molecule has 0 bridgehead atoms. The van der Waals surface area contributed by atoms with Gasteiger partial charge in [0.25, 0.3) is 0 Å². The molecule has 2 rings (SSSR count). The van der Waals surface area contributed by atoms with Gasteiger partial charge in [0.1, 0.15) is 11.1 Å². The number of ether oxygens (including phenoxy) is 1. The van der Waals surface area contributed by atoms with Crippen molar-refractivity contribution in [2.75, 3.05) is 18.1 Å². The van der Waals surface area contributed by atoms with Gasteiger partial charge in [-0.05, 0) is 0 Å². The van der Waals surface area contributed by atoms with Gasteiger partial charge in [-0.1, -0.05) is 0 Å². The minimum atomic E-state index is 0.195. The highest BCUT2D eigenvalue weighted by atomic mass is 35.5. The normalized spacial score (nSPS) is 23.3. The maximum Gasteiger partial charge on any atom is 0.123 e. The predicted octanol–water partition coefficient (Wildman–Crippen LogP) is 2.69. The van der Waals surface area contributed by atoms with Crippen molar-refractivity contribution in [2.24, 2.45) is 0 Å². The van der Waals surface area contributed by atoms with E-state index in [1.807, 2.05) is 18.0 Å². The zero-order valence-electron chi connectivity index (χ0n) is 7.03. The summed E-state index contributed by atoms with van der Waals surface area (Å²) in [5, 5.41) is 1.07. The van der Waals surface area contributed by atoms with Gasteiger partial charge in [0, 0.05) is 22.6 Å². The summed E-state index contributed by atoms with van der Waals surface area (Å²) in [6.45, 7) is 0.838. The maximum atomic E-state index is 5.70. The SMILES string of the molecule is ClCc1cnc(C2CSCCO2)s1. The molecule has 1 aliphatic heterocycles. The van der Waals surface area contributed by atoms with E-state index >= 15 is 0 Å². The molecule has 0 N–H and O–H groups in total. The quantitative estimate of drug-likeness (QED) is 0.736. The molecule has 72 valence electrons. The second-order valence-electron chi connectivity index (χ2n) is 2.73. The Morgan fingerprint density at radius 1 is 1.69 bits per heavy atom. The van der Waals surface area contributed by atoms with E-state index < -0.39 is 0 Å². The van der Waals surface area contributed by atoms with Crippen LogP contribution in [0.4, 0.5) is 0 Å². The predicted molar refractivity (Wildman–Crippen MR) is 57.7 cm³/mol. The number of thiazole rings is 1. The van der Waals surface area contributed by atoms with Crippen molar-refractivity contribution in [3.63, 3.8) is 0 Å². The first-order valence-electron chi connectivity index (χ1n) is 4.10. The number of aromatic nitrogens is 1. The summed E-state index contributed by atoms with van der Waals surface area (Å²) < 4.78 is 5.61. The Kier molecular flexibility index (Phi) is 3.49. The van der Waals surface area contributed by atoms with Crippen molar-refractivity contribution < 1.29 is 4.74 Å². The van der Waals surface area contributed by atoms with Crippen LogP contribution in [0, 0.1) is 0 Å². The Labute approximate surface area is 90.7 Å². The smallest absolute Gasteiger partial charge is 0.123 e. The summed E-state index contributed by atoms with van der Waals surface area (Å²) in [6, 6.07) is 0. The van der Waals surface area contributed by atoms with Crippen LogP contribution in [0.15, 0.2) is 6.20 Å². The first-order chi connectivity index (χ1) is 6.40. The molecule has 1 unspecified atom stereocenters. The second kappa shape index (κ2) is 4.64. The molecule has 5 heteroatoms. The fourth-order valence-corrected chi connectivity index (χ4v) is 3.17. The standard InChI is InChI=1S/C8H10ClNOS2/c9-3-6-4-10-8(13-6)7-5-12-2-1-11-7/h4,7H,1-3,5H2. The molecule has 13 heavy (non-hydrogen) atoms. The van der Waals surface area contributed by atoms with Gasteiger partial charge in [-0.2, -0.15) is 11.8 Å². The van der Waals surface area contributed by atoms with E-state index in [0.717, 1.165) is 28.0 Å². The van der Waals surface area contributed by atoms with Gasteiger partial charge in [0.15, 0.2) is 0 Å². The highest BCUT2D eigenvalue weighted by molar-refractivity contribution is 7.99. The van der Waals surface area contributed by atoms with Crippen molar-refractivity contribution in [3.8, 4) is 0 Å². The van der Waals surface area contributed by atoms with Crippen LogP contribution in [0.5, 0.6) is 0 Å². The highest BCUT2D eigenvalue weighted by Gasteiger charge is 2.19. The fourth-order valence-electron chi connectivity index (χ4n) is 1.16. The van der Waals surface area contributed by atoms with E-state index in [4.69, 9.17) is 16.3 Å². The van der Waals surface area contributed by atoms with Crippen molar-refractivity contribution in [2.45, 2.75) is 12.0 Å². The third-order valence-corrected chi connectivity index (χ3v) is 4.32. The van der Waals surface area contributed by atoms with Crippen LogP contribution < -0.4 is 0 Å². The van der Waals surface area contributed by atoms with E-state index in [1.165, 1.54) is 0 Å². The van der Waals surface area contributed by atoms with Crippen molar-refractivity contribution >= 4 is 34.7 Å². The molecular formula is C8H10ClNOS2. The molecule has 1 aromatic rings. The number of halogens is 1. The molecule has 0 spiro atoms. The molecule has 1 atom stereocenters. The number of hydrogen-bond acceptors (Lipinski definition) is 4. The van der Waals surface area contributed by atoms with Crippen LogP contribution in [0.2, 0.25) is 0 Å². The Hall–Kier alpha value is 0.230. The van der Waals surface area contributed by atoms with E-state index in [-0.39, 0.29) is 6.10 Å². The molecule has 1 aliphatic rings. The molecule has 1 fully saturated rings. The zero-order chi connectivity index (χ0) is 9.10. The second-order valence-corrected chi connectivity index (χ2v) is 5.30. The lowest BCUT2D eigenvalue weighted by atomic mass is 10.4. The fraction of sp³-hybridized carbons (Fsp3) is 0.625. The summed E-state index contributed by atoms with van der Waals surface area (Å²) in [4.78, 5) is 5.43. The largest absolute Gasteiger partial charge is 0.369 e. The lowest BCUT2D eigenvalue weighted by molar-refractivity contribution is 0.0755. The maximum absolute atomic E-state index is 5.70. The van der Waals surface area contributed by atoms with Crippen LogP contribution in [0.3, 0.4) is 0 Å². The van der Waals surface area contributed by atoms with Gasteiger partial charge in [0.2, 0.25) is 0 Å². The summed E-state index contributed by atoms with van der Waals surface area (Å²) in [7, 11) is 0. The lowest BCUT2D eigenvalue weighted by Gasteiger charge is -2.19. The lowest BCUT2D eigenvalue weighted by Crippen LogP contribution is -2.15. The molecule has 0 aliphatic carbocycles. The van der Waals surface area contributed by atoms with Gasteiger partial charge in [-0.25, -0.2) is 4.98 Å². The summed E-state index contributed by atoms with van der Waals surface area (Å²) in [5.74, 6) is 2.68. The summed E-state index contributed by atoms with van der Waals surface area (Å²) >= 11 is 9.28. The van der Waals surface area contributed by atoms with Gasteiger partial charge >= 0.3 is 0 Å². The molecule has 0 radical (unpaired) electrons. The minimum Gasteiger partial charge on any atom is -0.369 e. The third-order valence-electron chi connectivity index (χ3n) is 1.79. The van der Waals surface area contributed by atoms with E-state index in [1.54, 1.807) is 11.3 Å². The monoisotopic (exact) mass is 235 g/mol. The van der Waals surface area contributed by atoms with Gasteiger partial charge in [0.05, 0.1) is 12.5 Å². The number of rotatable bonds is 2. The highest BCUT2D eigenvalue weighted by Crippen LogP contribution is 2.29. The number of hydrogen-bond donors (Lipinski definition) is 0. The van der Waals surface area contributed by atoms with Gasteiger partial charge in [-0.15, -0.1) is 22.9 Å². The molecule has 2 heterocycles. The van der Waals surface area contributed by atoms with Crippen molar-refractivity contribution in [3.05, 3.63) is 16.1 Å². The van der Waals surface area contributed by atoms with E-state index in [2.05, 4.69) is 4.98 Å². The van der Waals surface area contributed by atoms with E-state index in [9.17, 15) is 0 Å². The van der Waals surface area contributed by atoms with Crippen molar-refractivity contribution in [1.29, 1.82) is 0 Å². The molecule has 0 saturated carbocycles. The number of nitrogens with zero attached hydrogens (tertiary/aromatic N) is 1. The van der Waals surface area contributed by atoms with Crippen LogP contribution in [-0.4, -0.2) is 23.1 Å². The average Bonchev–Trinajstić information content (AvgIpc) is 2.67. The number of thioether (sulfide) groups is 1. The van der Waals surface area contributed by atoms with Crippen LogP contribution in [0.25, 0.3) is 0 Å². The molecule has 0 aromatic carbocycles. The molecule has 1 saturated heterocycles. The Morgan fingerprint density at radius 2 is 2.62 bits per heavy atom. The Balaban J connectivity index is 2.05. The van der Waals surface area contributed by atoms with Crippen molar-refractivity contribution in [1.82, 2.24) is 4.98 Å². The Bertz CT molecular complexity index is 273. The first-order valence-corrected chi connectivity index (χ1v) is 6.60. The summed E-state index contributed by atoms with van der Waals surface area (Å²) in [6.07, 6.45) is 2.04. The number of alkyl halides is 1. The van der Waals surface area contributed by atoms with Gasteiger partial charge in [-0.3, -0.25) is 0 Å². The van der Waals surface area contributed by atoms with Crippen LogP contribution in [0.1, 0.15) is 16.0 Å². The Morgan fingerprint density at radius 3 is 3.23 bits per heavy atom. The third kappa shape index (κ3) is 2.37. The van der Waals surface area contributed by atoms with E-state index in [0.29, 0.717) is 5.88 Å². The summed E-state index contributed by atoms with van der Waals surface area (Å²) in [5.41, 5.74) is 0. The van der Waals surface area contributed by atoms with Crippen LogP contribution >= 0.6 is 34.7 Å². The zero-order valence-corrected chi connectivity index (χ0v) is 9.42. The molecule has 2 nitrogen and oxygen atoms in total. The minimum absolute atomic E-state index is 0.195. The average molecular weight is 236 g/mol. The van der Waals surface area contributed by atoms with Gasteiger partial charge < -0.3 is 4.74 Å². The molecule has 1 aromatic heterocycles. The first kappa shape index (κ1) is 9.77. The van der Waals surface area contributed by atoms with Crippen LogP contribution in [-0.2, 0) is 10.6 Å². The molecular weight excluding hydrogens is 226 g/mol.